The van der Waals surface area contributed by atoms with E-state index in [0.717, 1.165) is 31.4 Å². The maximum atomic E-state index is 13.1. The molecule has 5 atom stereocenters. The average Bonchev–Trinajstić information content (AvgIpc) is 3.13. The lowest BCUT2D eigenvalue weighted by molar-refractivity contribution is -0.163. The van der Waals surface area contributed by atoms with Gasteiger partial charge in [0.15, 0.2) is 12.4 Å². The van der Waals surface area contributed by atoms with Gasteiger partial charge in [-0.05, 0) is 85.3 Å². The minimum absolute atomic E-state index is 0.0572. The van der Waals surface area contributed by atoms with E-state index in [-0.39, 0.29) is 30.0 Å². The normalized spacial score (nSPS) is 33.3. The molecule has 0 heterocycles. The molecular weight excluding hydrogens is 454 g/mol. The van der Waals surface area contributed by atoms with Crippen molar-refractivity contribution in [2.75, 3.05) is 25.6 Å². The lowest BCUT2D eigenvalue weighted by Gasteiger charge is -2.51. The molecule has 0 aromatic heterocycles. The van der Waals surface area contributed by atoms with Crippen molar-refractivity contribution in [3.05, 3.63) is 52.6 Å². The molecule has 1 aromatic carbocycles. The van der Waals surface area contributed by atoms with Gasteiger partial charge in [0.05, 0.1) is 0 Å². The molecule has 0 spiro atoms. The van der Waals surface area contributed by atoms with Crippen molar-refractivity contribution in [3.8, 4) is 0 Å². The number of benzene rings is 1. The Morgan fingerprint density at radius 3 is 2.50 bits per heavy atom. The van der Waals surface area contributed by atoms with Crippen molar-refractivity contribution in [1.82, 2.24) is 0 Å². The van der Waals surface area contributed by atoms with Crippen LogP contribution in [0.2, 0.25) is 0 Å². The topological polar surface area (TPSA) is 83.9 Å². The predicted molar refractivity (Wildman–Crippen MR) is 138 cm³/mol. The first-order valence-electron chi connectivity index (χ1n) is 13.2. The third-order valence-electron chi connectivity index (χ3n) is 9.61. The molecule has 4 aliphatic rings. The second-order valence-electron chi connectivity index (χ2n) is 11.6. The Morgan fingerprint density at radius 1 is 1.11 bits per heavy atom. The number of carbonyl (C=O) groups excluding carboxylic acids is 3. The zero-order chi connectivity index (χ0) is 25.8. The fourth-order valence-corrected chi connectivity index (χ4v) is 7.68. The molecule has 1 N–H and O–H groups in total. The summed E-state index contributed by atoms with van der Waals surface area (Å²) >= 11 is 0. The molecule has 5 rings (SSSR count). The van der Waals surface area contributed by atoms with Crippen LogP contribution in [0.4, 0.5) is 5.69 Å². The third-order valence-corrected chi connectivity index (χ3v) is 9.61. The highest BCUT2D eigenvalue weighted by Gasteiger charge is 2.64. The van der Waals surface area contributed by atoms with E-state index in [1.807, 2.05) is 20.2 Å². The molecular formula is C30H37NO5. The van der Waals surface area contributed by atoms with Gasteiger partial charge in [0.2, 0.25) is 5.78 Å². The van der Waals surface area contributed by atoms with Gasteiger partial charge in [0.25, 0.3) is 0 Å². The second-order valence-corrected chi connectivity index (χ2v) is 11.6. The van der Waals surface area contributed by atoms with Gasteiger partial charge in [-0.1, -0.05) is 24.6 Å². The second kappa shape index (κ2) is 8.98. The maximum absolute atomic E-state index is 13.1. The highest BCUT2D eigenvalue weighted by molar-refractivity contribution is 5.94. The molecule has 192 valence electrons. The van der Waals surface area contributed by atoms with Crippen LogP contribution in [0.3, 0.4) is 0 Å². The first-order chi connectivity index (χ1) is 17.0. The van der Waals surface area contributed by atoms with Crippen molar-refractivity contribution in [3.63, 3.8) is 0 Å². The summed E-state index contributed by atoms with van der Waals surface area (Å²) in [6, 6.07) is 8.55. The maximum Gasteiger partial charge on any atom is 0.303 e. The van der Waals surface area contributed by atoms with Crippen molar-refractivity contribution in [1.29, 1.82) is 0 Å². The number of hydrogen-bond donors (Lipinski definition) is 1. The first-order valence-corrected chi connectivity index (χ1v) is 13.2. The summed E-state index contributed by atoms with van der Waals surface area (Å²) in [6.45, 7) is 2.97. The van der Waals surface area contributed by atoms with E-state index in [9.17, 15) is 19.5 Å². The fraction of sp³-hybridized carbons (Fsp3) is 0.567. The van der Waals surface area contributed by atoms with Crippen molar-refractivity contribution in [2.24, 2.45) is 17.3 Å². The minimum Gasteiger partial charge on any atom is -0.458 e. The number of aliphatic hydroxyl groups is 1. The zero-order valence-corrected chi connectivity index (χ0v) is 21.8. The summed E-state index contributed by atoms with van der Waals surface area (Å²) in [5.74, 6) is -0.148. The average molecular weight is 492 g/mol. The Balaban J connectivity index is 1.50. The molecule has 6 heteroatoms. The summed E-state index contributed by atoms with van der Waals surface area (Å²) in [5.41, 5.74) is 4.25. The number of fused-ring (bicyclic) bond motifs is 4. The molecule has 0 amide bonds. The summed E-state index contributed by atoms with van der Waals surface area (Å²) in [6.07, 6.45) is 6.86. The quantitative estimate of drug-likeness (QED) is 0.610. The monoisotopic (exact) mass is 491 g/mol. The van der Waals surface area contributed by atoms with Crippen LogP contribution >= 0.6 is 0 Å². The Bertz CT molecular complexity index is 1160. The van der Waals surface area contributed by atoms with Crippen LogP contribution in [0.1, 0.15) is 70.3 Å². The van der Waals surface area contributed by atoms with Gasteiger partial charge < -0.3 is 14.7 Å². The van der Waals surface area contributed by atoms with Gasteiger partial charge in [-0.3, -0.25) is 14.4 Å². The van der Waals surface area contributed by atoms with Crippen LogP contribution in [-0.4, -0.2) is 48.9 Å². The van der Waals surface area contributed by atoms with Crippen LogP contribution in [0.25, 0.3) is 0 Å². The SMILES string of the molecule is CC(=O)OCC(=O)[C@@]1(O)CC[C@H]2[C@@H]3CCC4=CC(=O)CC(c5ccc(N(C)C)cc5)C4=C3CC[C@@]21C. The largest absolute Gasteiger partial charge is 0.458 e. The lowest BCUT2D eigenvalue weighted by Crippen LogP contribution is -2.55. The Labute approximate surface area is 213 Å². The number of rotatable bonds is 5. The van der Waals surface area contributed by atoms with Gasteiger partial charge >= 0.3 is 5.97 Å². The number of carbonyl (C=O) groups is 3. The highest BCUT2D eigenvalue weighted by atomic mass is 16.5. The molecule has 1 aromatic rings. The molecule has 4 aliphatic carbocycles. The number of Topliss-reactive ketones (excluding diaryl/α,β-unsaturated/α-hetero) is 1. The molecule has 2 fully saturated rings. The molecule has 36 heavy (non-hydrogen) atoms. The smallest absolute Gasteiger partial charge is 0.303 e. The first kappa shape index (κ1) is 24.9. The number of ether oxygens (including phenoxy) is 1. The lowest BCUT2D eigenvalue weighted by atomic mass is 9.53. The number of ketones is 2. The Kier molecular flexibility index (Phi) is 6.22. The molecule has 0 aliphatic heterocycles. The molecule has 0 bridgehead atoms. The molecule has 6 nitrogen and oxygen atoms in total. The number of nitrogens with zero attached hydrogens (tertiary/aromatic N) is 1. The fourth-order valence-electron chi connectivity index (χ4n) is 7.68. The molecule has 0 radical (unpaired) electrons. The number of hydrogen-bond acceptors (Lipinski definition) is 6. The van der Waals surface area contributed by atoms with Crippen LogP contribution in [0, 0.1) is 17.3 Å². The molecule has 1 unspecified atom stereocenters. The minimum atomic E-state index is -1.47. The van der Waals surface area contributed by atoms with Gasteiger partial charge in [0, 0.05) is 44.5 Å². The van der Waals surface area contributed by atoms with Crippen LogP contribution in [0.5, 0.6) is 0 Å². The van der Waals surface area contributed by atoms with E-state index < -0.39 is 17.0 Å². The van der Waals surface area contributed by atoms with E-state index in [1.165, 1.54) is 29.2 Å². The summed E-state index contributed by atoms with van der Waals surface area (Å²) in [5, 5.41) is 11.7. The van der Waals surface area contributed by atoms with Gasteiger partial charge in [-0.25, -0.2) is 0 Å². The van der Waals surface area contributed by atoms with E-state index in [0.29, 0.717) is 25.2 Å². The van der Waals surface area contributed by atoms with Crippen LogP contribution in [0.15, 0.2) is 47.1 Å². The zero-order valence-electron chi connectivity index (χ0n) is 21.8. The number of allylic oxidation sites excluding steroid dienone is 4. The van der Waals surface area contributed by atoms with Crippen molar-refractivity contribution in [2.45, 2.75) is 70.3 Å². The van der Waals surface area contributed by atoms with E-state index in [1.54, 1.807) is 0 Å². The molecule has 2 saturated carbocycles. The van der Waals surface area contributed by atoms with E-state index >= 15 is 0 Å². The predicted octanol–water partition coefficient (Wildman–Crippen LogP) is 4.52. The van der Waals surface area contributed by atoms with Crippen LogP contribution in [-0.2, 0) is 19.1 Å². The number of esters is 1. The number of anilines is 1. The molecule has 0 saturated heterocycles. The Hall–Kier alpha value is -2.73. The highest BCUT2D eigenvalue weighted by Crippen LogP contribution is 2.64. The van der Waals surface area contributed by atoms with Gasteiger partial charge in [-0.2, -0.15) is 0 Å². The van der Waals surface area contributed by atoms with Crippen LogP contribution < -0.4 is 4.90 Å². The Morgan fingerprint density at radius 2 is 1.83 bits per heavy atom. The third kappa shape index (κ3) is 3.85. The van der Waals surface area contributed by atoms with E-state index in [4.69, 9.17) is 4.74 Å². The van der Waals surface area contributed by atoms with Crippen molar-refractivity contribution >= 4 is 23.2 Å². The summed E-state index contributed by atoms with van der Waals surface area (Å²) in [4.78, 5) is 39.2. The standard InChI is InChI=1S/C30H37NO5/c1-18(32)36-17-27(34)30(35)14-12-26-23-10-7-20-15-22(33)16-25(19-5-8-21(9-6-19)31(3)4)28(20)24(23)11-13-29(26,30)2/h5-6,8-9,15,23,25-26,35H,7,10-14,16-17H2,1-4H3/t23-,25?,26+,29+,30+/m1/s1. The van der Waals surface area contributed by atoms with Gasteiger partial charge in [0.1, 0.15) is 5.60 Å². The van der Waals surface area contributed by atoms with Gasteiger partial charge in [-0.15, -0.1) is 0 Å². The summed E-state index contributed by atoms with van der Waals surface area (Å²) < 4.78 is 4.98. The van der Waals surface area contributed by atoms with E-state index in [2.05, 4.69) is 36.1 Å². The van der Waals surface area contributed by atoms with Crippen molar-refractivity contribution < 1.29 is 24.2 Å². The summed E-state index contributed by atoms with van der Waals surface area (Å²) in [7, 11) is 4.05.